The summed E-state index contributed by atoms with van der Waals surface area (Å²) in [5, 5.41) is 1.92. The summed E-state index contributed by atoms with van der Waals surface area (Å²) >= 11 is 6.04. The molecule has 2 aromatic carbocycles. The molecule has 3 fully saturated rings. The topological polar surface area (TPSA) is 124 Å². The van der Waals surface area contributed by atoms with E-state index in [-0.39, 0.29) is 29.8 Å². The highest BCUT2D eigenvalue weighted by Crippen LogP contribution is 2.32. The predicted molar refractivity (Wildman–Crippen MR) is 138 cm³/mol. The average molecular weight is 548 g/mol. The zero-order chi connectivity index (χ0) is 26.6. The number of nitrogens with zero attached hydrogens (tertiary/aromatic N) is 4. The summed E-state index contributed by atoms with van der Waals surface area (Å²) < 4.78 is 28.3. The molecule has 2 N–H and O–H groups in total. The Labute approximate surface area is 220 Å². The minimum Gasteiger partial charge on any atom is -0.369 e. The van der Waals surface area contributed by atoms with E-state index in [1.165, 1.54) is 17.0 Å². The molecule has 3 aliphatic heterocycles. The van der Waals surface area contributed by atoms with Gasteiger partial charge in [0, 0.05) is 36.7 Å². The molecule has 0 spiro atoms. The van der Waals surface area contributed by atoms with Crippen LogP contribution in [0.3, 0.4) is 0 Å². The Morgan fingerprint density at radius 3 is 2.49 bits per heavy atom. The Balaban J connectivity index is 1.38. The maximum Gasteiger partial charge on any atom is 0.245 e. The number of rotatable bonds is 7. The number of fused-ring (bicyclic) bond motifs is 3. The van der Waals surface area contributed by atoms with Gasteiger partial charge >= 0.3 is 0 Å². The van der Waals surface area contributed by atoms with Gasteiger partial charge in [0.2, 0.25) is 27.7 Å². The second-order valence-corrected chi connectivity index (χ2v) is 12.5. The molecule has 0 radical (unpaired) electrons. The molecule has 0 aliphatic carbocycles. The summed E-state index contributed by atoms with van der Waals surface area (Å²) in [6.07, 6.45) is 1.08. The van der Waals surface area contributed by atoms with Crippen molar-refractivity contribution < 1.29 is 22.8 Å². The third-order valence-electron chi connectivity index (χ3n) is 7.87. The molecule has 10 nitrogen and oxygen atoms in total. The maximum atomic E-state index is 13.7. The Bertz CT molecular complexity index is 1380. The first-order valence-electron chi connectivity index (χ1n) is 12.3. The van der Waals surface area contributed by atoms with Crippen molar-refractivity contribution in [2.45, 2.75) is 48.8 Å². The first-order chi connectivity index (χ1) is 17.5. The van der Waals surface area contributed by atoms with E-state index in [9.17, 15) is 22.8 Å². The fraction of sp³-hybridized carbons (Fsp3) is 0.480. The van der Waals surface area contributed by atoms with E-state index >= 15 is 0 Å². The van der Waals surface area contributed by atoms with E-state index in [0.29, 0.717) is 23.0 Å². The first-order valence-corrected chi connectivity index (χ1v) is 14.1. The zero-order valence-electron chi connectivity index (χ0n) is 20.7. The number of halogens is 1. The summed E-state index contributed by atoms with van der Waals surface area (Å²) in [5.74, 6) is -1.50. The highest BCUT2D eigenvalue weighted by Gasteiger charge is 2.48. The number of hydrogen-bond donors (Lipinski definition) is 1. The van der Waals surface area contributed by atoms with E-state index in [0.717, 1.165) is 22.7 Å². The summed E-state index contributed by atoms with van der Waals surface area (Å²) in [5.41, 5.74) is 5.41. The van der Waals surface area contributed by atoms with Crippen LogP contribution in [0.25, 0.3) is 10.8 Å². The molecule has 12 heteroatoms. The lowest BCUT2D eigenvalue weighted by atomic mass is 10.1. The van der Waals surface area contributed by atoms with Crippen LogP contribution < -0.4 is 5.73 Å². The van der Waals surface area contributed by atoms with Gasteiger partial charge < -0.3 is 15.5 Å². The number of benzene rings is 2. The van der Waals surface area contributed by atoms with Gasteiger partial charge in [0.15, 0.2) is 0 Å². The van der Waals surface area contributed by atoms with Crippen molar-refractivity contribution in [1.82, 2.24) is 19.0 Å². The van der Waals surface area contributed by atoms with Gasteiger partial charge in [-0.25, -0.2) is 8.42 Å². The van der Waals surface area contributed by atoms with Crippen molar-refractivity contribution in [3.8, 4) is 0 Å². The van der Waals surface area contributed by atoms with Gasteiger partial charge in [-0.3, -0.25) is 19.3 Å². The van der Waals surface area contributed by atoms with Crippen molar-refractivity contribution in [2.75, 3.05) is 33.2 Å². The number of hydrogen-bond acceptors (Lipinski definition) is 6. The minimum atomic E-state index is -4.26. The van der Waals surface area contributed by atoms with Crippen LogP contribution in [0, 0.1) is 0 Å². The van der Waals surface area contributed by atoms with Gasteiger partial charge in [-0.2, -0.15) is 4.31 Å². The molecule has 0 saturated carbocycles. The highest BCUT2D eigenvalue weighted by molar-refractivity contribution is 7.89. The van der Waals surface area contributed by atoms with Crippen LogP contribution in [0.15, 0.2) is 41.3 Å². The number of carbonyl (C=O) groups excluding carboxylic acids is 3. The second-order valence-electron chi connectivity index (χ2n) is 10.2. The number of amides is 3. The molecular formula is C25H30ClN5O5S. The van der Waals surface area contributed by atoms with E-state index in [4.69, 9.17) is 17.3 Å². The third-order valence-corrected chi connectivity index (χ3v) is 9.96. The van der Waals surface area contributed by atoms with Gasteiger partial charge in [-0.15, -0.1) is 0 Å². The third kappa shape index (κ3) is 4.58. The molecule has 3 aliphatic rings. The lowest BCUT2D eigenvalue weighted by Crippen LogP contribution is -2.55. The van der Waals surface area contributed by atoms with Crippen molar-refractivity contribution in [3.05, 3.63) is 41.4 Å². The minimum absolute atomic E-state index is 0.0591. The Hall–Kier alpha value is -2.73. The van der Waals surface area contributed by atoms with Crippen LogP contribution in [0.4, 0.5) is 0 Å². The van der Waals surface area contributed by atoms with Gasteiger partial charge in [0.05, 0.1) is 11.4 Å². The molecule has 0 unspecified atom stereocenters. The van der Waals surface area contributed by atoms with E-state index in [1.54, 1.807) is 31.2 Å². The Morgan fingerprint density at radius 1 is 1.14 bits per heavy atom. The largest absolute Gasteiger partial charge is 0.369 e. The van der Waals surface area contributed by atoms with Crippen LogP contribution in [0.1, 0.15) is 19.8 Å². The number of nitrogens with two attached hydrogens (primary N) is 1. The van der Waals surface area contributed by atoms with Crippen molar-refractivity contribution >= 4 is 50.1 Å². The first kappa shape index (κ1) is 25.9. The normalized spacial score (nSPS) is 25.0. The second kappa shape index (κ2) is 9.54. The average Bonchev–Trinajstić information content (AvgIpc) is 3.54. The Morgan fingerprint density at radius 2 is 1.84 bits per heavy atom. The van der Waals surface area contributed by atoms with Gasteiger partial charge in [0.25, 0.3) is 0 Å². The molecule has 3 saturated heterocycles. The van der Waals surface area contributed by atoms with E-state index in [1.807, 2.05) is 11.9 Å². The fourth-order valence-electron chi connectivity index (χ4n) is 5.85. The number of piperazine rings is 1. The smallest absolute Gasteiger partial charge is 0.245 e. The van der Waals surface area contributed by atoms with Crippen LogP contribution in [-0.2, 0) is 24.4 Å². The van der Waals surface area contributed by atoms with Gasteiger partial charge in [-0.1, -0.05) is 23.7 Å². The molecule has 198 valence electrons. The lowest BCUT2D eigenvalue weighted by molar-refractivity contribution is -0.145. The monoisotopic (exact) mass is 547 g/mol. The fourth-order valence-corrected chi connectivity index (χ4v) is 7.65. The van der Waals surface area contributed by atoms with Crippen LogP contribution in [0.2, 0.25) is 5.02 Å². The molecule has 5 rings (SSSR count). The number of primary amides is 1. The molecular weight excluding hydrogens is 518 g/mol. The van der Waals surface area contributed by atoms with Crippen LogP contribution in [-0.4, -0.2) is 103 Å². The SMILES string of the molecule is C[C@@H](C(=O)N1C[C@@H]2C[C@H]1CN2C)N1CC[C@H](N(CC(N)=O)S(=O)(=O)c2ccc3cc(Cl)ccc3c2)C1=O. The van der Waals surface area contributed by atoms with Crippen molar-refractivity contribution in [1.29, 1.82) is 0 Å². The number of likely N-dealkylation sites (tertiary alicyclic amines) is 3. The molecule has 4 atom stereocenters. The lowest BCUT2D eigenvalue weighted by Gasteiger charge is -2.36. The quantitative estimate of drug-likeness (QED) is 0.548. The number of likely N-dealkylation sites (N-methyl/N-ethyl adjacent to an activating group) is 1. The van der Waals surface area contributed by atoms with Crippen LogP contribution in [0.5, 0.6) is 0 Å². The predicted octanol–water partition coefficient (Wildman–Crippen LogP) is 0.874. The van der Waals surface area contributed by atoms with Crippen molar-refractivity contribution in [3.63, 3.8) is 0 Å². The molecule has 2 bridgehead atoms. The molecule has 3 heterocycles. The maximum absolute atomic E-state index is 13.7. The summed E-state index contributed by atoms with van der Waals surface area (Å²) in [6, 6.07) is 8.21. The van der Waals surface area contributed by atoms with E-state index in [2.05, 4.69) is 4.90 Å². The zero-order valence-corrected chi connectivity index (χ0v) is 22.3. The van der Waals surface area contributed by atoms with Gasteiger partial charge in [0.1, 0.15) is 12.1 Å². The summed E-state index contributed by atoms with van der Waals surface area (Å²) in [6.45, 7) is 2.68. The molecule has 0 aromatic heterocycles. The highest BCUT2D eigenvalue weighted by atomic mass is 35.5. The summed E-state index contributed by atoms with van der Waals surface area (Å²) in [7, 11) is -2.22. The molecule has 3 amide bonds. The van der Waals surface area contributed by atoms with E-state index < -0.39 is 40.5 Å². The Kier molecular flexibility index (Phi) is 6.68. The number of carbonyl (C=O) groups is 3. The molecule has 37 heavy (non-hydrogen) atoms. The van der Waals surface area contributed by atoms with Crippen molar-refractivity contribution in [2.24, 2.45) is 5.73 Å². The van der Waals surface area contributed by atoms with Gasteiger partial charge in [-0.05, 0) is 61.9 Å². The summed E-state index contributed by atoms with van der Waals surface area (Å²) in [4.78, 5) is 44.2. The molecule has 2 aromatic rings. The standard InChI is InChI=1S/C25H30ClN5O5S/c1-15(24(33)30-13-19-11-20(30)12-28(19)2)29-8-7-22(25(29)34)31(14-23(27)32)37(35,36)21-6-4-16-9-18(26)5-3-17(16)10-21/h3-6,9-10,15,19-20,22H,7-8,11-14H2,1-2H3,(H2,27,32)/t15-,19-,20-,22-/m0/s1. The number of sulfonamides is 1. The van der Waals surface area contributed by atoms with Crippen LogP contribution >= 0.6 is 11.6 Å².